The normalized spacial score (nSPS) is 10.8. The molecule has 0 radical (unpaired) electrons. The van der Waals surface area contributed by atoms with E-state index in [-0.39, 0.29) is 0 Å². The number of halogens is 1. The Bertz CT molecular complexity index is 504. The summed E-state index contributed by atoms with van der Waals surface area (Å²) in [4.78, 5) is 10.4. The number of carbonyl (C=O) groups is 1. The Morgan fingerprint density at radius 1 is 1.65 bits per heavy atom. The van der Waals surface area contributed by atoms with Gasteiger partial charge in [0.1, 0.15) is 6.07 Å². The van der Waals surface area contributed by atoms with Gasteiger partial charge in [0.05, 0.1) is 11.3 Å². The van der Waals surface area contributed by atoms with E-state index in [9.17, 15) is 4.79 Å². The average Bonchev–Trinajstić information content (AvgIpc) is 2.25. The maximum absolute atomic E-state index is 10.4. The Morgan fingerprint density at radius 3 is 2.94 bits per heavy atom. The molecule has 17 heavy (non-hydrogen) atoms. The van der Waals surface area contributed by atoms with Gasteiger partial charge in [0.15, 0.2) is 0 Å². The fraction of sp³-hybridized carbons (Fsp3) is 0.167. The number of benzene rings is 1. The predicted molar refractivity (Wildman–Crippen MR) is 66.0 cm³/mol. The number of nitrogens with zero attached hydrogens (tertiary/aromatic N) is 1. The Balaban J connectivity index is 2.79. The van der Waals surface area contributed by atoms with Gasteiger partial charge in [0, 0.05) is 17.6 Å². The highest BCUT2D eigenvalue weighted by Crippen LogP contribution is 2.20. The monoisotopic (exact) mass is 250 g/mol. The van der Waals surface area contributed by atoms with Gasteiger partial charge >= 0.3 is 5.97 Å². The molecule has 0 spiro atoms. The summed E-state index contributed by atoms with van der Waals surface area (Å²) < 4.78 is 0. The number of nitrogens with one attached hydrogen (secondary N) is 1. The molecule has 5 heteroatoms. The van der Waals surface area contributed by atoms with Crippen molar-refractivity contribution in [1.82, 2.24) is 0 Å². The standard InChI is InChI=1S/C12H11ClN2O2/c1-8(4-12(16)17)7-15-11-5-10(13)3-2-9(11)6-14/h2-5,15H,7H2,1H3,(H,16,17)/b8-4-. The third-order valence-corrected chi connectivity index (χ3v) is 2.26. The molecule has 1 aromatic rings. The lowest BCUT2D eigenvalue weighted by Crippen LogP contribution is -2.06. The summed E-state index contributed by atoms with van der Waals surface area (Å²) in [7, 11) is 0. The fourth-order valence-corrected chi connectivity index (χ4v) is 1.43. The summed E-state index contributed by atoms with van der Waals surface area (Å²) in [6.07, 6.45) is 1.11. The average molecular weight is 251 g/mol. The maximum Gasteiger partial charge on any atom is 0.328 e. The molecular weight excluding hydrogens is 240 g/mol. The molecule has 0 saturated heterocycles. The summed E-state index contributed by atoms with van der Waals surface area (Å²) in [6.45, 7) is 2.04. The smallest absolute Gasteiger partial charge is 0.328 e. The van der Waals surface area contributed by atoms with Crippen LogP contribution < -0.4 is 5.32 Å². The number of carboxylic acid groups (broad SMARTS) is 1. The van der Waals surface area contributed by atoms with E-state index in [1.54, 1.807) is 25.1 Å². The minimum atomic E-state index is -0.990. The van der Waals surface area contributed by atoms with E-state index in [0.29, 0.717) is 28.4 Å². The van der Waals surface area contributed by atoms with Crippen LogP contribution in [0.5, 0.6) is 0 Å². The zero-order valence-corrected chi connectivity index (χ0v) is 9.95. The van der Waals surface area contributed by atoms with Crippen molar-refractivity contribution in [2.75, 3.05) is 11.9 Å². The zero-order valence-electron chi connectivity index (χ0n) is 9.20. The van der Waals surface area contributed by atoms with Crippen molar-refractivity contribution in [3.63, 3.8) is 0 Å². The molecule has 1 aromatic carbocycles. The van der Waals surface area contributed by atoms with Crippen molar-refractivity contribution < 1.29 is 9.90 Å². The first-order valence-electron chi connectivity index (χ1n) is 4.86. The minimum Gasteiger partial charge on any atom is -0.478 e. The van der Waals surface area contributed by atoms with Gasteiger partial charge < -0.3 is 10.4 Å². The predicted octanol–water partition coefficient (Wildman–Crippen LogP) is 2.65. The Labute approximate surface area is 104 Å². The Hall–Kier alpha value is -1.99. The van der Waals surface area contributed by atoms with Gasteiger partial charge in [0.2, 0.25) is 0 Å². The second kappa shape index (κ2) is 5.92. The largest absolute Gasteiger partial charge is 0.478 e. The van der Waals surface area contributed by atoms with Crippen LogP contribution in [0, 0.1) is 11.3 Å². The van der Waals surface area contributed by atoms with Crippen molar-refractivity contribution in [3.8, 4) is 6.07 Å². The molecule has 88 valence electrons. The van der Waals surface area contributed by atoms with Crippen molar-refractivity contribution >= 4 is 23.3 Å². The van der Waals surface area contributed by atoms with Gasteiger partial charge in [-0.2, -0.15) is 5.26 Å². The van der Waals surface area contributed by atoms with Gasteiger partial charge in [-0.15, -0.1) is 0 Å². The van der Waals surface area contributed by atoms with Crippen molar-refractivity contribution in [3.05, 3.63) is 40.4 Å². The molecule has 0 aliphatic carbocycles. The van der Waals surface area contributed by atoms with Crippen molar-refractivity contribution in [1.29, 1.82) is 5.26 Å². The first-order chi connectivity index (χ1) is 8.02. The lowest BCUT2D eigenvalue weighted by Gasteiger charge is -2.08. The van der Waals surface area contributed by atoms with E-state index in [4.69, 9.17) is 22.0 Å². The van der Waals surface area contributed by atoms with E-state index in [1.807, 2.05) is 6.07 Å². The van der Waals surface area contributed by atoms with Crippen molar-refractivity contribution in [2.24, 2.45) is 0 Å². The number of carboxylic acids is 1. The summed E-state index contributed by atoms with van der Waals surface area (Å²) in [5, 5.41) is 20.9. The van der Waals surface area contributed by atoms with Crippen LogP contribution in [0.15, 0.2) is 29.8 Å². The molecule has 0 heterocycles. The number of nitriles is 1. The van der Waals surface area contributed by atoms with Crippen LogP contribution in [0.1, 0.15) is 12.5 Å². The van der Waals surface area contributed by atoms with Gasteiger partial charge in [0.25, 0.3) is 0 Å². The first kappa shape index (κ1) is 13.1. The molecule has 0 amide bonds. The molecule has 0 bridgehead atoms. The summed E-state index contributed by atoms with van der Waals surface area (Å²) in [6, 6.07) is 6.91. The van der Waals surface area contributed by atoms with Crippen LogP contribution in [0.2, 0.25) is 5.02 Å². The highest BCUT2D eigenvalue weighted by molar-refractivity contribution is 6.30. The number of rotatable bonds is 4. The molecule has 0 aromatic heterocycles. The quantitative estimate of drug-likeness (QED) is 0.806. The SMILES string of the molecule is C/C(=C/C(=O)O)CNc1cc(Cl)ccc1C#N. The van der Waals surface area contributed by atoms with E-state index >= 15 is 0 Å². The zero-order chi connectivity index (χ0) is 12.8. The Morgan fingerprint density at radius 2 is 2.35 bits per heavy atom. The van der Waals surface area contributed by atoms with E-state index in [1.165, 1.54) is 0 Å². The van der Waals surface area contributed by atoms with Gasteiger partial charge in [-0.1, -0.05) is 11.6 Å². The van der Waals surface area contributed by atoms with Crippen molar-refractivity contribution in [2.45, 2.75) is 6.92 Å². The van der Waals surface area contributed by atoms with Gasteiger partial charge in [-0.3, -0.25) is 0 Å². The van der Waals surface area contributed by atoms with Crippen LogP contribution in [-0.2, 0) is 4.79 Å². The maximum atomic E-state index is 10.4. The van der Waals surface area contributed by atoms with E-state index in [0.717, 1.165) is 6.08 Å². The molecule has 0 aliphatic rings. The summed E-state index contributed by atoms with van der Waals surface area (Å²) >= 11 is 5.82. The summed E-state index contributed by atoms with van der Waals surface area (Å²) in [5.41, 5.74) is 1.72. The fourth-order valence-electron chi connectivity index (χ4n) is 1.26. The minimum absolute atomic E-state index is 0.349. The second-order valence-electron chi connectivity index (χ2n) is 3.48. The molecular formula is C12H11ClN2O2. The topological polar surface area (TPSA) is 73.1 Å². The molecule has 0 aliphatic heterocycles. The van der Waals surface area contributed by atoms with E-state index in [2.05, 4.69) is 5.32 Å². The highest BCUT2D eigenvalue weighted by Gasteiger charge is 2.02. The molecule has 1 rings (SSSR count). The second-order valence-corrected chi connectivity index (χ2v) is 3.92. The van der Waals surface area contributed by atoms with Crippen LogP contribution in [0.25, 0.3) is 0 Å². The highest BCUT2D eigenvalue weighted by atomic mass is 35.5. The van der Waals surface area contributed by atoms with Crippen LogP contribution in [-0.4, -0.2) is 17.6 Å². The molecule has 0 saturated carbocycles. The van der Waals surface area contributed by atoms with Gasteiger partial charge in [-0.05, 0) is 30.7 Å². The number of hydrogen-bond acceptors (Lipinski definition) is 3. The first-order valence-corrected chi connectivity index (χ1v) is 5.24. The lowest BCUT2D eigenvalue weighted by atomic mass is 10.2. The molecule has 0 atom stereocenters. The summed E-state index contributed by atoms with van der Waals surface area (Å²) in [5.74, 6) is -0.990. The lowest BCUT2D eigenvalue weighted by molar-refractivity contribution is -0.131. The van der Waals surface area contributed by atoms with Crippen LogP contribution in [0.4, 0.5) is 5.69 Å². The van der Waals surface area contributed by atoms with Gasteiger partial charge in [-0.25, -0.2) is 4.79 Å². The number of aliphatic carboxylic acids is 1. The Kier molecular flexibility index (Phi) is 4.56. The van der Waals surface area contributed by atoms with Crippen LogP contribution >= 0.6 is 11.6 Å². The van der Waals surface area contributed by atoms with E-state index < -0.39 is 5.97 Å². The van der Waals surface area contributed by atoms with Crippen LogP contribution in [0.3, 0.4) is 0 Å². The molecule has 0 unspecified atom stereocenters. The number of anilines is 1. The molecule has 2 N–H and O–H groups in total. The third kappa shape index (κ3) is 4.17. The molecule has 0 fully saturated rings. The number of hydrogen-bond donors (Lipinski definition) is 2. The third-order valence-electron chi connectivity index (χ3n) is 2.03. The molecule has 4 nitrogen and oxygen atoms in total.